The number of carbonyl (C=O) groups is 1. The van der Waals surface area contributed by atoms with Crippen molar-refractivity contribution in [3.63, 3.8) is 0 Å². The first kappa shape index (κ1) is 24.2. The SMILES string of the molecule is O=C(CSc1nnc(-c2cccc(S(=O)(=O)N3CCOCC3)c2)o1)NC1CCCCCCC1. The molecule has 1 aromatic heterocycles. The predicted octanol–water partition coefficient (Wildman–Crippen LogP) is 3.08. The summed E-state index contributed by atoms with van der Waals surface area (Å²) in [4.78, 5) is 12.5. The predicted molar refractivity (Wildman–Crippen MR) is 124 cm³/mol. The van der Waals surface area contributed by atoms with E-state index in [-0.39, 0.29) is 33.7 Å². The van der Waals surface area contributed by atoms with Gasteiger partial charge in [0.1, 0.15) is 0 Å². The quantitative estimate of drug-likeness (QED) is 0.584. The Hall–Kier alpha value is -1.95. The number of thioether (sulfide) groups is 1. The lowest BCUT2D eigenvalue weighted by molar-refractivity contribution is -0.119. The molecule has 1 saturated carbocycles. The van der Waals surface area contributed by atoms with E-state index in [9.17, 15) is 13.2 Å². The molecular formula is C22H30N4O5S2. The summed E-state index contributed by atoms with van der Waals surface area (Å²) in [6, 6.07) is 6.71. The largest absolute Gasteiger partial charge is 0.411 e. The molecule has 2 fully saturated rings. The molecule has 1 aliphatic carbocycles. The van der Waals surface area contributed by atoms with E-state index in [4.69, 9.17) is 9.15 Å². The summed E-state index contributed by atoms with van der Waals surface area (Å²) in [7, 11) is -3.62. The fourth-order valence-electron chi connectivity index (χ4n) is 4.11. The van der Waals surface area contributed by atoms with Crippen molar-refractivity contribution >= 4 is 27.7 Å². The zero-order valence-corrected chi connectivity index (χ0v) is 20.2. The van der Waals surface area contributed by atoms with E-state index in [2.05, 4.69) is 15.5 Å². The van der Waals surface area contributed by atoms with Crippen molar-refractivity contribution in [2.45, 2.75) is 61.1 Å². The second-order valence-corrected chi connectivity index (χ2v) is 11.2. The highest BCUT2D eigenvalue weighted by Gasteiger charge is 2.27. The number of morpholine rings is 1. The standard InChI is InChI=1S/C22H30N4O5S2/c27-20(23-18-8-4-2-1-3-5-9-18)16-32-22-25-24-21(31-22)17-7-6-10-19(15-17)33(28,29)26-11-13-30-14-12-26/h6-7,10,15,18H,1-5,8-9,11-14,16H2,(H,23,27). The van der Waals surface area contributed by atoms with Crippen LogP contribution in [0.5, 0.6) is 0 Å². The third-order valence-electron chi connectivity index (χ3n) is 5.89. The number of hydrogen-bond donors (Lipinski definition) is 1. The fourth-order valence-corrected chi connectivity index (χ4v) is 6.14. The van der Waals surface area contributed by atoms with Gasteiger partial charge in [-0.05, 0) is 31.0 Å². The average molecular weight is 495 g/mol. The van der Waals surface area contributed by atoms with Gasteiger partial charge in [0, 0.05) is 24.7 Å². The number of rotatable bonds is 7. The topological polar surface area (TPSA) is 115 Å². The molecule has 0 radical (unpaired) electrons. The molecule has 11 heteroatoms. The maximum atomic E-state index is 12.9. The molecule has 0 atom stereocenters. The first-order valence-corrected chi connectivity index (χ1v) is 13.9. The van der Waals surface area contributed by atoms with Crippen molar-refractivity contribution in [1.82, 2.24) is 19.8 Å². The average Bonchev–Trinajstić information content (AvgIpc) is 3.29. The maximum absolute atomic E-state index is 12.9. The van der Waals surface area contributed by atoms with Gasteiger partial charge in [-0.3, -0.25) is 4.79 Å². The highest BCUT2D eigenvalue weighted by Crippen LogP contribution is 2.26. The monoisotopic (exact) mass is 494 g/mol. The minimum absolute atomic E-state index is 0.0380. The Bertz CT molecular complexity index is 1030. The number of ether oxygens (including phenoxy) is 1. The summed E-state index contributed by atoms with van der Waals surface area (Å²) < 4.78 is 38.2. The highest BCUT2D eigenvalue weighted by atomic mass is 32.2. The third-order valence-corrected chi connectivity index (χ3v) is 8.61. The maximum Gasteiger partial charge on any atom is 0.277 e. The lowest BCUT2D eigenvalue weighted by Crippen LogP contribution is -2.40. The molecule has 33 heavy (non-hydrogen) atoms. The number of benzene rings is 1. The number of amides is 1. The number of carbonyl (C=O) groups excluding carboxylic acids is 1. The van der Waals surface area contributed by atoms with E-state index < -0.39 is 10.0 Å². The van der Waals surface area contributed by atoms with Crippen LogP contribution < -0.4 is 5.32 Å². The Morgan fingerprint density at radius 2 is 1.82 bits per heavy atom. The number of nitrogens with one attached hydrogen (secondary N) is 1. The van der Waals surface area contributed by atoms with Gasteiger partial charge in [0.15, 0.2) is 0 Å². The van der Waals surface area contributed by atoms with Gasteiger partial charge < -0.3 is 14.5 Å². The Morgan fingerprint density at radius 3 is 2.58 bits per heavy atom. The molecule has 180 valence electrons. The number of aromatic nitrogens is 2. The van der Waals surface area contributed by atoms with Crippen LogP contribution in [0.2, 0.25) is 0 Å². The van der Waals surface area contributed by atoms with E-state index in [1.807, 2.05) is 0 Å². The second-order valence-electron chi connectivity index (χ2n) is 8.32. The summed E-state index contributed by atoms with van der Waals surface area (Å²) in [5.41, 5.74) is 0.516. The lowest BCUT2D eigenvalue weighted by atomic mass is 9.97. The van der Waals surface area contributed by atoms with Gasteiger partial charge in [0.2, 0.25) is 21.8 Å². The highest BCUT2D eigenvalue weighted by molar-refractivity contribution is 7.99. The molecule has 0 spiro atoms. The normalized spacial score (nSPS) is 19.0. The van der Waals surface area contributed by atoms with Crippen LogP contribution >= 0.6 is 11.8 Å². The Balaban J connectivity index is 1.35. The first-order valence-electron chi connectivity index (χ1n) is 11.5. The van der Waals surface area contributed by atoms with Gasteiger partial charge in [-0.1, -0.05) is 49.9 Å². The van der Waals surface area contributed by atoms with Crippen molar-refractivity contribution in [1.29, 1.82) is 0 Å². The molecule has 1 amide bonds. The molecule has 0 bridgehead atoms. The number of nitrogens with zero attached hydrogens (tertiary/aromatic N) is 3. The van der Waals surface area contributed by atoms with E-state index in [1.165, 1.54) is 41.4 Å². The molecule has 1 saturated heterocycles. The Kier molecular flexibility index (Phi) is 8.39. The molecule has 2 aliphatic rings. The van der Waals surface area contributed by atoms with Crippen molar-refractivity contribution < 1.29 is 22.4 Å². The zero-order valence-electron chi connectivity index (χ0n) is 18.6. The molecular weight excluding hydrogens is 464 g/mol. The van der Waals surface area contributed by atoms with Crippen LogP contribution in [0.4, 0.5) is 0 Å². The number of sulfonamides is 1. The van der Waals surface area contributed by atoms with E-state index in [1.54, 1.807) is 18.2 Å². The molecule has 2 aromatic rings. The summed E-state index contributed by atoms with van der Waals surface area (Å²) in [6.07, 6.45) is 8.15. The van der Waals surface area contributed by atoms with Crippen LogP contribution in [0.3, 0.4) is 0 Å². The molecule has 2 heterocycles. The lowest BCUT2D eigenvalue weighted by Gasteiger charge is -2.26. The minimum atomic E-state index is -3.62. The van der Waals surface area contributed by atoms with Gasteiger partial charge >= 0.3 is 0 Å². The van der Waals surface area contributed by atoms with Gasteiger partial charge in [0.25, 0.3) is 5.22 Å². The van der Waals surface area contributed by atoms with Crippen LogP contribution in [0.1, 0.15) is 44.9 Å². The molecule has 9 nitrogen and oxygen atoms in total. The molecule has 1 aromatic carbocycles. The number of hydrogen-bond acceptors (Lipinski definition) is 8. The van der Waals surface area contributed by atoms with Crippen LogP contribution in [0.25, 0.3) is 11.5 Å². The summed E-state index contributed by atoms with van der Waals surface area (Å²) >= 11 is 1.18. The van der Waals surface area contributed by atoms with Crippen molar-refractivity contribution in [2.24, 2.45) is 0 Å². The second kappa shape index (κ2) is 11.5. The third kappa shape index (κ3) is 6.56. The molecule has 1 N–H and O–H groups in total. The van der Waals surface area contributed by atoms with Crippen molar-refractivity contribution in [3.05, 3.63) is 24.3 Å². The Labute approximate surface area is 198 Å². The summed E-state index contributed by atoms with van der Waals surface area (Å²) in [5, 5.41) is 11.4. The Morgan fingerprint density at radius 1 is 1.09 bits per heavy atom. The molecule has 0 unspecified atom stereocenters. The van der Waals surface area contributed by atoms with Crippen LogP contribution in [0.15, 0.2) is 38.8 Å². The summed E-state index contributed by atoms with van der Waals surface area (Å²) in [5.74, 6) is 0.379. The van der Waals surface area contributed by atoms with Gasteiger partial charge in [-0.2, -0.15) is 4.31 Å². The molecule has 4 rings (SSSR count). The first-order chi connectivity index (χ1) is 16.0. The van der Waals surface area contributed by atoms with E-state index in [0.717, 1.165) is 25.7 Å². The fraction of sp³-hybridized carbons (Fsp3) is 0.591. The zero-order chi connectivity index (χ0) is 23.1. The van der Waals surface area contributed by atoms with Crippen molar-refractivity contribution in [3.8, 4) is 11.5 Å². The van der Waals surface area contributed by atoms with Crippen molar-refractivity contribution in [2.75, 3.05) is 32.1 Å². The smallest absolute Gasteiger partial charge is 0.277 e. The van der Waals surface area contributed by atoms with Crippen LogP contribution in [-0.4, -0.2) is 66.9 Å². The van der Waals surface area contributed by atoms with Crippen LogP contribution in [-0.2, 0) is 19.6 Å². The van der Waals surface area contributed by atoms with Crippen LogP contribution in [0, 0.1) is 0 Å². The van der Waals surface area contributed by atoms with Gasteiger partial charge in [0.05, 0.1) is 23.9 Å². The van der Waals surface area contributed by atoms with E-state index in [0.29, 0.717) is 31.9 Å². The summed E-state index contributed by atoms with van der Waals surface area (Å²) in [6.45, 7) is 1.43. The van der Waals surface area contributed by atoms with Gasteiger partial charge in [-0.25, -0.2) is 8.42 Å². The van der Waals surface area contributed by atoms with Gasteiger partial charge in [-0.15, -0.1) is 10.2 Å². The van der Waals surface area contributed by atoms with E-state index >= 15 is 0 Å². The molecule has 1 aliphatic heterocycles. The minimum Gasteiger partial charge on any atom is -0.411 e.